The Kier molecular flexibility index (Phi) is 9.04. The molecular formula is C37H46Cl2N8O4. The summed E-state index contributed by atoms with van der Waals surface area (Å²) in [6.45, 7) is 8.42. The van der Waals surface area contributed by atoms with Gasteiger partial charge in [0.25, 0.3) is 0 Å². The van der Waals surface area contributed by atoms with Crippen LogP contribution in [0.5, 0.6) is 0 Å². The Morgan fingerprint density at radius 3 is 1.78 bits per heavy atom. The van der Waals surface area contributed by atoms with E-state index < -0.39 is 5.60 Å². The van der Waals surface area contributed by atoms with Gasteiger partial charge in [-0.25, -0.2) is 19.9 Å². The molecule has 51 heavy (non-hydrogen) atoms. The van der Waals surface area contributed by atoms with Crippen molar-refractivity contribution in [3.05, 3.63) is 34.6 Å². The number of amides is 2. The Morgan fingerprint density at radius 1 is 0.745 bits per heavy atom. The smallest absolute Gasteiger partial charge is 0.229 e. The lowest BCUT2D eigenvalue weighted by Crippen LogP contribution is -2.50. The first-order valence-corrected chi connectivity index (χ1v) is 19.1. The summed E-state index contributed by atoms with van der Waals surface area (Å²) in [4.78, 5) is 45.2. The molecule has 4 aromatic rings. The van der Waals surface area contributed by atoms with Gasteiger partial charge in [0.15, 0.2) is 11.3 Å². The van der Waals surface area contributed by atoms with Crippen LogP contribution in [-0.4, -0.2) is 64.3 Å². The molecule has 6 heterocycles. The van der Waals surface area contributed by atoms with Gasteiger partial charge < -0.3 is 9.47 Å². The van der Waals surface area contributed by atoms with E-state index in [1.165, 1.54) is 0 Å². The standard InChI is InChI=1S/C37H46Cl2N8O4/c1-36(2)15-14-24(50-36)19-31(49)45-35-41-27-11-13-29(39)43-33(27)47(35)22-16-20(17-22)25-9-8-23(51-37(25,3)4)18-30(48)44-34-40-26-10-12-28(38)42-32(26)46(34)21-6-5-7-21/h10-13,20-25H,5-9,14-19H2,1-4H3,(H,40,44,48)(H,41,45,49)/t20?,22?,23-,24?,25?/m1/s1. The van der Waals surface area contributed by atoms with Crippen LogP contribution in [0, 0.1) is 11.8 Å². The molecule has 2 N–H and O–H groups in total. The maximum absolute atomic E-state index is 13.4. The SMILES string of the molecule is CC1(C)CCC(CC(=O)Nc2nc3ccc(Cl)nc3n2C2CC(C3CC[C@H](CC(=O)Nc4nc5ccc(Cl)nc5n4C4CCC4)OC3(C)C)C2)O1. The molecule has 2 aliphatic carbocycles. The number of hydrogen-bond donors (Lipinski definition) is 2. The highest BCUT2D eigenvalue weighted by atomic mass is 35.5. The molecule has 2 saturated carbocycles. The Hall–Kier alpha value is -3.32. The van der Waals surface area contributed by atoms with Gasteiger partial charge in [-0.3, -0.25) is 29.4 Å². The molecule has 2 amide bonds. The summed E-state index contributed by atoms with van der Waals surface area (Å²) in [5, 5.41) is 6.94. The third-order valence-corrected chi connectivity index (χ3v) is 12.0. The highest BCUT2D eigenvalue weighted by Crippen LogP contribution is 2.52. The van der Waals surface area contributed by atoms with E-state index in [-0.39, 0.29) is 54.5 Å². The molecule has 0 bridgehead atoms. The summed E-state index contributed by atoms with van der Waals surface area (Å²) in [6, 6.07) is 7.51. The zero-order valence-electron chi connectivity index (χ0n) is 29.6. The number of anilines is 2. The lowest BCUT2D eigenvalue weighted by atomic mass is 9.64. The lowest BCUT2D eigenvalue weighted by Gasteiger charge is -2.51. The van der Waals surface area contributed by atoms with E-state index in [4.69, 9.17) is 42.6 Å². The number of carbonyl (C=O) groups excluding carboxylic acids is 2. The minimum atomic E-state index is -0.413. The zero-order chi connectivity index (χ0) is 35.7. The Balaban J connectivity index is 0.906. The number of hydrogen-bond acceptors (Lipinski definition) is 8. The molecule has 0 spiro atoms. The van der Waals surface area contributed by atoms with Crippen LogP contribution in [0.4, 0.5) is 11.9 Å². The van der Waals surface area contributed by atoms with Crippen molar-refractivity contribution in [2.45, 2.75) is 134 Å². The first-order valence-electron chi connectivity index (χ1n) is 18.4. The summed E-state index contributed by atoms with van der Waals surface area (Å²) in [6.07, 6.45) is 8.79. The Morgan fingerprint density at radius 2 is 1.29 bits per heavy atom. The largest absolute Gasteiger partial charge is 0.372 e. The number of fused-ring (bicyclic) bond motifs is 2. The Bertz CT molecular complexity index is 1980. The van der Waals surface area contributed by atoms with Crippen LogP contribution in [0.2, 0.25) is 10.3 Å². The number of nitrogens with one attached hydrogen (secondary N) is 2. The average Bonchev–Trinajstić information content (AvgIpc) is 3.64. The molecule has 4 fully saturated rings. The van der Waals surface area contributed by atoms with E-state index in [0.717, 1.165) is 63.3 Å². The molecule has 2 aliphatic heterocycles. The molecule has 14 heteroatoms. The second kappa shape index (κ2) is 13.3. The van der Waals surface area contributed by atoms with Gasteiger partial charge in [-0.15, -0.1) is 0 Å². The fourth-order valence-corrected chi connectivity index (χ4v) is 9.09. The van der Waals surface area contributed by atoms with E-state index in [0.29, 0.717) is 50.8 Å². The van der Waals surface area contributed by atoms with Gasteiger partial charge in [0.1, 0.15) is 21.3 Å². The molecule has 4 aromatic heterocycles. The van der Waals surface area contributed by atoms with E-state index in [1.54, 1.807) is 12.1 Å². The number of halogens is 2. The molecule has 2 saturated heterocycles. The van der Waals surface area contributed by atoms with Gasteiger partial charge in [0.2, 0.25) is 23.7 Å². The molecule has 8 rings (SSSR count). The van der Waals surface area contributed by atoms with Gasteiger partial charge in [-0.1, -0.05) is 23.2 Å². The summed E-state index contributed by atoms with van der Waals surface area (Å²) < 4.78 is 16.8. The molecule has 0 aromatic carbocycles. The summed E-state index contributed by atoms with van der Waals surface area (Å²) in [5.41, 5.74) is 2.18. The zero-order valence-corrected chi connectivity index (χ0v) is 31.1. The van der Waals surface area contributed by atoms with Crippen LogP contribution in [0.3, 0.4) is 0 Å². The Labute approximate surface area is 307 Å². The first-order chi connectivity index (χ1) is 24.3. The van der Waals surface area contributed by atoms with Crippen molar-refractivity contribution in [1.29, 1.82) is 0 Å². The molecule has 4 aliphatic rings. The normalized spacial score (nSPS) is 27.3. The van der Waals surface area contributed by atoms with Crippen LogP contribution in [0.1, 0.15) is 110 Å². The van der Waals surface area contributed by atoms with Crippen LogP contribution in [0.15, 0.2) is 24.3 Å². The predicted molar refractivity (Wildman–Crippen MR) is 196 cm³/mol. The molecule has 2 unspecified atom stereocenters. The van der Waals surface area contributed by atoms with Gasteiger partial charge in [0.05, 0.1) is 36.3 Å². The fourth-order valence-electron chi connectivity index (χ4n) is 8.81. The fraction of sp³-hybridized carbons (Fsp3) is 0.622. The number of aromatic nitrogens is 6. The van der Waals surface area contributed by atoms with Gasteiger partial charge >= 0.3 is 0 Å². The van der Waals surface area contributed by atoms with Crippen molar-refractivity contribution in [3.63, 3.8) is 0 Å². The van der Waals surface area contributed by atoms with Gasteiger partial charge in [-0.05, 0) is 122 Å². The van der Waals surface area contributed by atoms with Gasteiger partial charge in [0, 0.05) is 12.1 Å². The monoisotopic (exact) mass is 736 g/mol. The molecule has 0 radical (unpaired) electrons. The van der Waals surface area contributed by atoms with Crippen molar-refractivity contribution in [3.8, 4) is 0 Å². The summed E-state index contributed by atoms with van der Waals surface area (Å²) in [7, 11) is 0. The predicted octanol–water partition coefficient (Wildman–Crippen LogP) is 8.05. The quantitative estimate of drug-likeness (QED) is 0.165. The average molecular weight is 738 g/mol. The maximum atomic E-state index is 13.4. The second-order valence-corrected chi connectivity index (χ2v) is 16.9. The summed E-state index contributed by atoms with van der Waals surface area (Å²) in [5.74, 6) is 1.53. The molecular weight excluding hydrogens is 691 g/mol. The third-order valence-electron chi connectivity index (χ3n) is 11.6. The van der Waals surface area contributed by atoms with Crippen LogP contribution in [0.25, 0.3) is 22.3 Å². The van der Waals surface area contributed by atoms with Crippen molar-refractivity contribution in [2.24, 2.45) is 11.8 Å². The minimum absolute atomic E-state index is 0.102. The number of carbonyl (C=O) groups is 2. The van der Waals surface area contributed by atoms with Gasteiger partial charge in [-0.2, -0.15) is 0 Å². The number of rotatable bonds is 9. The number of imidazole rings is 2. The van der Waals surface area contributed by atoms with Crippen LogP contribution >= 0.6 is 23.2 Å². The lowest BCUT2D eigenvalue weighted by molar-refractivity contribution is -0.169. The van der Waals surface area contributed by atoms with E-state index >= 15 is 0 Å². The molecule has 12 nitrogen and oxygen atoms in total. The van der Waals surface area contributed by atoms with E-state index in [1.807, 2.05) is 16.7 Å². The van der Waals surface area contributed by atoms with Crippen molar-refractivity contribution < 1.29 is 19.1 Å². The van der Waals surface area contributed by atoms with Crippen LogP contribution < -0.4 is 10.6 Å². The maximum Gasteiger partial charge on any atom is 0.229 e. The number of ether oxygens (including phenoxy) is 2. The first kappa shape index (κ1) is 34.7. The highest BCUT2D eigenvalue weighted by molar-refractivity contribution is 6.30. The minimum Gasteiger partial charge on any atom is -0.372 e. The number of nitrogens with zero attached hydrogens (tertiary/aromatic N) is 6. The number of pyridine rings is 2. The molecule has 3 atom stereocenters. The van der Waals surface area contributed by atoms with E-state index in [9.17, 15) is 9.59 Å². The van der Waals surface area contributed by atoms with Crippen LogP contribution in [-0.2, 0) is 19.1 Å². The topological polar surface area (TPSA) is 138 Å². The van der Waals surface area contributed by atoms with Crippen molar-refractivity contribution in [1.82, 2.24) is 29.1 Å². The molecule has 272 valence electrons. The third kappa shape index (κ3) is 6.96. The summed E-state index contributed by atoms with van der Waals surface area (Å²) >= 11 is 12.5. The van der Waals surface area contributed by atoms with E-state index in [2.05, 4.69) is 52.9 Å². The highest BCUT2D eigenvalue weighted by Gasteiger charge is 2.48. The second-order valence-electron chi connectivity index (χ2n) is 16.1. The van der Waals surface area contributed by atoms with Crippen molar-refractivity contribution in [2.75, 3.05) is 10.6 Å². The van der Waals surface area contributed by atoms with Crippen molar-refractivity contribution >= 4 is 69.2 Å².